The van der Waals surface area contributed by atoms with Crippen molar-refractivity contribution in [1.82, 2.24) is 4.98 Å². The summed E-state index contributed by atoms with van der Waals surface area (Å²) in [4.78, 5) is 3.99. The van der Waals surface area contributed by atoms with Crippen LogP contribution in [0.1, 0.15) is 5.56 Å². The molecule has 0 amide bonds. The van der Waals surface area contributed by atoms with Crippen LogP contribution in [0.25, 0.3) is 0 Å². The number of hydrogen-bond donors (Lipinski definition) is 1. The minimum Gasteiger partial charge on any atom is -0.437 e. The zero-order valence-corrected chi connectivity index (χ0v) is 10.3. The first-order valence-electron chi connectivity index (χ1n) is 4.78. The zero-order valence-electron chi connectivity index (χ0n) is 8.72. The number of nitrogens with zero attached hydrogens (tertiary/aromatic N) is 2. The fourth-order valence-corrected chi connectivity index (χ4v) is 1.51. The molecule has 0 bridgehead atoms. The van der Waals surface area contributed by atoms with E-state index in [2.05, 4.69) is 20.9 Å². The molecule has 0 spiro atoms. The Hall–Kier alpha value is -2.06. The van der Waals surface area contributed by atoms with Crippen LogP contribution in [0.3, 0.4) is 0 Å². The van der Waals surface area contributed by atoms with E-state index in [0.717, 1.165) is 4.47 Å². The van der Waals surface area contributed by atoms with Crippen LogP contribution < -0.4 is 10.5 Å². The molecule has 0 unspecified atom stereocenters. The molecule has 5 heteroatoms. The minimum atomic E-state index is 0.242. The lowest BCUT2D eigenvalue weighted by molar-refractivity contribution is 0.465. The standard InChI is InChI=1S/C12H8BrN3O/c13-9-1-3-10(4-2-9)17-12-11(15)8(7-14)5-6-16-12/h1-6H,15H2. The first-order chi connectivity index (χ1) is 8.20. The van der Waals surface area contributed by atoms with Gasteiger partial charge in [0, 0.05) is 10.7 Å². The Kier molecular flexibility index (Phi) is 3.26. The fourth-order valence-electron chi connectivity index (χ4n) is 1.25. The molecule has 0 aliphatic carbocycles. The van der Waals surface area contributed by atoms with Gasteiger partial charge in [-0.2, -0.15) is 5.26 Å². The molecule has 2 aromatic rings. The second-order valence-corrected chi connectivity index (χ2v) is 4.16. The van der Waals surface area contributed by atoms with E-state index in [9.17, 15) is 0 Å². The minimum absolute atomic E-state index is 0.242. The fraction of sp³-hybridized carbons (Fsp3) is 0. The summed E-state index contributed by atoms with van der Waals surface area (Å²) >= 11 is 3.33. The smallest absolute Gasteiger partial charge is 0.244 e. The van der Waals surface area contributed by atoms with Crippen LogP contribution >= 0.6 is 15.9 Å². The second kappa shape index (κ2) is 4.85. The SMILES string of the molecule is N#Cc1ccnc(Oc2ccc(Br)cc2)c1N. The lowest BCUT2D eigenvalue weighted by Gasteiger charge is -2.07. The first kappa shape index (κ1) is 11.4. The van der Waals surface area contributed by atoms with E-state index in [-0.39, 0.29) is 11.6 Å². The average molecular weight is 290 g/mol. The van der Waals surface area contributed by atoms with Gasteiger partial charge in [-0.3, -0.25) is 0 Å². The Morgan fingerprint density at radius 3 is 2.59 bits per heavy atom. The zero-order chi connectivity index (χ0) is 12.3. The molecule has 1 aromatic carbocycles. The maximum absolute atomic E-state index is 8.83. The molecule has 0 fully saturated rings. The van der Waals surface area contributed by atoms with Crippen molar-refractivity contribution in [3.05, 3.63) is 46.6 Å². The van der Waals surface area contributed by atoms with Gasteiger partial charge in [0.2, 0.25) is 5.88 Å². The molecule has 1 aromatic heterocycles. The third kappa shape index (κ3) is 2.55. The van der Waals surface area contributed by atoms with Crippen LogP contribution in [-0.4, -0.2) is 4.98 Å². The van der Waals surface area contributed by atoms with Crippen molar-refractivity contribution in [2.24, 2.45) is 0 Å². The number of ether oxygens (including phenoxy) is 1. The summed E-state index contributed by atoms with van der Waals surface area (Å²) in [6.45, 7) is 0. The van der Waals surface area contributed by atoms with E-state index in [0.29, 0.717) is 11.3 Å². The highest BCUT2D eigenvalue weighted by Crippen LogP contribution is 2.27. The summed E-state index contributed by atoms with van der Waals surface area (Å²) in [5.41, 5.74) is 6.35. The summed E-state index contributed by atoms with van der Waals surface area (Å²) in [6.07, 6.45) is 1.49. The third-order valence-corrected chi connectivity index (χ3v) is 2.63. The lowest BCUT2D eigenvalue weighted by Crippen LogP contribution is -1.97. The van der Waals surface area contributed by atoms with Gasteiger partial charge in [-0.1, -0.05) is 15.9 Å². The third-order valence-electron chi connectivity index (χ3n) is 2.10. The molecule has 0 saturated heterocycles. The van der Waals surface area contributed by atoms with Crippen LogP contribution in [0.5, 0.6) is 11.6 Å². The van der Waals surface area contributed by atoms with E-state index in [1.807, 2.05) is 18.2 Å². The molecule has 84 valence electrons. The Labute approximate surface area is 107 Å². The van der Waals surface area contributed by atoms with Gasteiger partial charge in [0.05, 0.1) is 5.56 Å². The van der Waals surface area contributed by atoms with E-state index in [1.165, 1.54) is 6.20 Å². The normalized spacial score (nSPS) is 9.65. The Morgan fingerprint density at radius 2 is 1.94 bits per heavy atom. The molecule has 0 aliphatic rings. The quantitative estimate of drug-likeness (QED) is 0.922. The number of pyridine rings is 1. The van der Waals surface area contributed by atoms with Crippen LogP contribution in [0.4, 0.5) is 5.69 Å². The van der Waals surface area contributed by atoms with Gasteiger partial charge < -0.3 is 10.5 Å². The molecule has 1 heterocycles. The van der Waals surface area contributed by atoms with Gasteiger partial charge in [-0.15, -0.1) is 0 Å². The van der Waals surface area contributed by atoms with E-state index < -0.39 is 0 Å². The van der Waals surface area contributed by atoms with Crippen molar-refractivity contribution in [1.29, 1.82) is 5.26 Å². The molecule has 4 nitrogen and oxygen atoms in total. The largest absolute Gasteiger partial charge is 0.437 e. The number of anilines is 1. The summed E-state index contributed by atoms with van der Waals surface area (Å²) in [7, 11) is 0. The Morgan fingerprint density at radius 1 is 1.24 bits per heavy atom. The molecule has 0 saturated carbocycles. The highest BCUT2D eigenvalue weighted by atomic mass is 79.9. The maximum atomic E-state index is 8.83. The molecule has 17 heavy (non-hydrogen) atoms. The number of hydrogen-bond acceptors (Lipinski definition) is 4. The molecule has 0 aliphatic heterocycles. The van der Waals surface area contributed by atoms with Crippen molar-refractivity contribution in [2.45, 2.75) is 0 Å². The highest BCUT2D eigenvalue weighted by Gasteiger charge is 2.07. The van der Waals surface area contributed by atoms with Crippen molar-refractivity contribution < 1.29 is 4.74 Å². The number of nitriles is 1. The maximum Gasteiger partial charge on any atom is 0.244 e. The van der Waals surface area contributed by atoms with Crippen LogP contribution in [-0.2, 0) is 0 Å². The van der Waals surface area contributed by atoms with E-state index in [4.69, 9.17) is 15.7 Å². The molecule has 0 radical (unpaired) electrons. The van der Waals surface area contributed by atoms with Gasteiger partial charge in [0.15, 0.2) is 0 Å². The number of benzene rings is 1. The molecule has 2 N–H and O–H groups in total. The highest BCUT2D eigenvalue weighted by molar-refractivity contribution is 9.10. The van der Waals surface area contributed by atoms with Crippen LogP contribution in [0.2, 0.25) is 0 Å². The van der Waals surface area contributed by atoms with E-state index >= 15 is 0 Å². The number of halogens is 1. The van der Waals surface area contributed by atoms with E-state index in [1.54, 1.807) is 18.2 Å². The number of aromatic nitrogens is 1. The number of nitrogens with two attached hydrogens (primary N) is 1. The molecular formula is C12H8BrN3O. The molecule has 2 rings (SSSR count). The predicted molar refractivity (Wildman–Crippen MR) is 67.6 cm³/mol. The predicted octanol–water partition coefficient (Wildman–Crippen LogP) is 3.09. The van der Waals surface area contributed by atoms with Crippen molar-refractivity contribution >= 4 is 21.6 Å². The van der Waals surface area contributed by atoms with Crippen molar-refractivity contribution in [2.75, 3.05) is 5.73 Å². The van der Waals surface area contributed by atoms with Crippen molar-refractivity contribution in [3.63, 3.8) is 0 Å². The first-order valence-corrected chi connectivity index (χ1v) is 5.58. The van der Waals surface area contributed by atoms with Gasteiger partial charge in [-0.05, 0) is 30.3 Å². The summed E-state index contributed by atoms with van der Waals surface area (Å²) in [6, 6.07) is 10.8. The Balaban J connectivity index is 2.31. The van der Waals surface area contributed by atoms with Crippen LogP contribution in [0, 0.1) is 11.3 Å². The second-order valence-electron chi connectivity index (χ2n) is 3.25. The van der Waals surface area contributed by atoms with Gasteiger partial charge in [-0.25, -0.2) is 4.98 Å². The lowest BCUT2D eigenvalue weighted by atomic mass is 10.2. The van der Waals surface area contributed by atoms with Gasteiger partial charge >= 0.3 is 0 Å². The summed E-state index contributed by atoms with van der Waals surface area (Å²) in [5, 5.41) is 8.83. The van der Waals surface area contributed by atoms with Crippen molar-refractivity contribution in [3.8, 4) is 17.7 Å². The van der Waals surface area contributed by atoms with Gasteiger partial charge in [0.25, 0.3) is 0 Å². The molecule has 0 atom stereocenters. The number of nitrogen functional groups attached to an aromatic ring is 1. The van der Waals surface area contributed by atoms with Gasteiger partial charge in [0.1, 0.15) is 17.5 Å². The number of rotatable bonds is 2. The average Bonchev–Trinajstić information content (AvgIpc) is 2.35. The summed E-state index contributed by atoms with van der Waals surface area (Å²) in [5.74, 6) is 0.855. The topological polar surface area (TPSA) is 71.9 Å². The summed E-state index contributed by atoms with van der Waals surface area (Å²) < 4.78 is 6.45. The Bertz CT molecular complexity index is 575. The monoisotopic (exact) mass is 289 g/mol. The molecular weight excluding hydrogens is 282 g/mol. The van der Waals surface area contributed by atoms with Crippen LogP contribution in [0.15, 0.2) is 41.0 Å².